The molecule has 0 atom stereocenters. The lowest BCUT2D eigenvalue weighted by atomic mass is 10.0. The lowest BCUT2D eigenvalue weighted by Crippen LogP contribution is -2.19. The van der Waals surface area contributed by atoms with Crippen LogP contribution in [0.5, 0.6) is 5.75 Å². The highest BCUT2D eigenvalue weighted by Crippen LogP contribution is 2.34. The van der Waals surface area contributed by atoms with E-state index in [0.29, 0.717) is 0 Å². The molecule has 0 saturated heterocycles. The van der Waals surface area contributed by atoms with Crippen molar-refractivity contribution in [1.82, 2.24) is 5.32 Å². The second-order valence-corrected chi connectivity index (χ2v) is 3.93. The highest BCUT2D eigenvalue weighted by Gasteiger charge is 2.23. The first-order valence-electron chi connectivity index (χ1n) is 5.26. The van der Waals surface area contributed by atoms with E-state index in [0.717, 1.165) is 34.4 Å². The summed E-state index contributed by atoms with van der Waals surface area (Å²) in [6, 6.07) is 5.84. The van der Waals surface area contributed by atoms with Crippen molar-refractivity contribution in [2.75, 3.05) is 14.2 Å². The standard InChI is InChI=1S/C13H15NO2/c1-8-6-9-7-10(16-3)4-5-11(9)12(8)13(15)14-2/h4-5,7H,6H2,1-3H3,(H,14,15). The molecular weight excluding hydrogens is 202 g/mol. The molecule has 0 bridgehead atoms. The average molecular weight is 217 g/mol. The topological polar surface area (TPSA) is 38.3 Å². The van der Waals surface area contributed by atoms with Gasteiger partial charge in [-0.25, -0.2) is 0 Å². The van der Waals surface area contributed by atoms with Gasteiger partial charge >= 0.3 is 0 Å². The van der Waals surface area contributed by atoms with E-state index in [2.05, 4.69) is 5.32 Å². The normalized spacial score (nSPS) is 13.7. The molecule has 1 N–H and O–H groups in total. The number of carbonyl (C=O) groups excluding carboxylic acids is 1. The molecule has 1 aromatic rings. The fourth-order valence-corrected chi connectivity index (χ4v) is 2.13. The molecule has 0 fully saturated rings. The number of fused-ring (bicyclic) bond motifs is 1. The highest BCUT2D eigenvalue weighted by molar-refractivity contribution is 6.21. The molecule has 2 rings (SSSR count). The summed E-state index contributed by atoms with van der Waals surface area (Å²) >= 11 is 0. The van der Waals surface area contributed by atoms with Gasteiger partial charge in [0.25, 0.3) is 5.91 Å². The first-order valence-corrected chi connectivity index (χ1v) is 5.26. The Hall–Kier alpha value is -1.77. The molecule has 0 radical (unpaired) electrons. The SMILES string of the molecule is CNC(=O)C1=C(C)Cc2cc(OC)ccc21. The van der Waals surface area contributed by atoms with Crippen molar-refractivity contribution in [2.24, 2.45) is 0 Å². The quantitative estimate of drug-likeness (QED) is 0.820. The van der Waals surface area contributed by atoms with Crippen LogP contribution < -0.4 is 10.1 Å². The molecule has 0 spiro atoms. The van der Waals surface area contributed by atoms with E-state index in [1.54, 1.807) is 14.2 Å². The minimum atomic E-state index is -0.0126. The van der Waals surface area contributed by atoms with Crippen LogP contribution in [-0.4, -0.2) is 20.1 Å². The Morgan fingerprint density at radius 2 is 2.19 bits per heavy atom. The zero-order valence-electron chi connectivity index (χ0n) is 9.76. The summed E-state index contributed by atoms with van der Waals surface area (Å²) in [5.41, 5.74) is 4.11. The van der Waals surface area contributed by atoms with E-state index in [4.69, 9.17) is 4.74 Å². The van der Waals surface area contributed by atoms with Crippen LogP contribution in [0.2, 0.25) is 0 Å². The third-order valence-electron chi connectivity index (χ3n) is 2.92. The zero-order valence-corrected chi connectivity index (χ0v) is 9.76. The molecule has 3 heteroatoms. The minimum absolute atomic E-state index is 0.0126. The van der Waals surface area contributed by atoms with E-state index in [9.17, 15) is 4.79 Å². The second-order valence-electron chi connectivity index (χ2n) is 3.93. The number of ether oxygens (including phenoxy) is 1. The Morgan fingerprint density at radius 3 is 2.81 bits per heavy atom. The van der Waals surface area contributed by atoms with Crippen molar-refractivity contribution in [3.63, 3.8) is 0 Å². The maximum atomic E-state index is 11.7. The number of hydrogen-bond donors (Lipinski definition) is 1. The van der Waals surface area contributed by atoms with Gasteiger partial charge in [-0.15, -0.1) is 0 Å². The molecular formula is C13H15NO2. The summed E-state index contributed by atoms with van der Waals surface area (Å²) in [4.78, 5) is 11.7. The number of hydrogen-bond acceptors (Lipinski definition) is 2. The number of allylic oxidation sites excluding steroid dienone is 1. The van der Waals surface area contributed by atoms with E-state index in [1.807, 2.05) is 25.1 Å². The Balaban J connectivity index is 2.46. The Morgan fingerprint density at radius 1 is 1.44 bits per heavy atom. The number of amides is 1. The molecule has 0 saturated carbocycles. The largest absolute Gasteiger partial charge is 0.497 e. The Bertz CT molecular complexity index is 475. The van der Waals surface area contributed by atoms with Gasteiger partial charge in [-0.1, -0.05) is 11.6 Å². The van der Waals surface area contributed by atoms with E-state index >= 15 is 0 Å². The summed E-state index contributed by atoms with van der Waals surface area (Å²) in [7, 11) is 3.31. The maximum Gasteiger partial charge on any atom is 0.251 e. The summed E-state index contributed by atoms with van der Waals surface area (Å²) in [5, 5.41) is 2.68. The van der Waals surface area contributed by atoms with Crippen LogP contribution in [0.3, 0.4) is 0 Å². The van der Waals surface area contributed by atoms with Crippen LogP contribution in [0.1, 0.15) is 18.1 Å². The van der Waals surface area contributed by atoms with Crippen LogP contribution in [-0.2, 0) is 11.2 Å². The van der Waals surface area contributed by atoms with Gasteiger partial charge in [-0.05, 0) is 36.6 Å². The van der Waals surface area contributed by atoms with E-state index in [1.165, 1.54) is 0 Å². The fourth-order valence-electron chi connectivity index (χ4n) is 2.13. The van der Waals surface area contributed by atoms with Crippen molar-refractivity contribution in [1.29, 1.82) is 0 Å². The molecule has 0 aliphatic heterocycles. The van der Waals surface area contributed by atoms with Crippen LogP contribution in [0.15, 0.2) is 23.8 Å². The second kappa shape index (κ2) is 4.00. The molecule has 0 aromatic heterocycles. The van der Waals surface area contributed by atoms with Gasteiger partial charge < -0.3 is 10.1 Å². The molecule has 0 heterocycles. The van der Waals surface area contributed by atoms with Crippen LogP contribution in [0, 0.1) is 0 Å². The number of carbonyl (C=O) groups is 1. The van der Waals surface area contributed by atoms with Crippen LogP contribution in [0.4, 0.5) is 0 Å². The van der Waals surface area contributed by atoms with Crippen molar-refractivity contribution in [3.8, 4) is 5.75 Å². The van der Waals surface area contributed by atoms with Crippen molar-refractivity contribution in [3.05, 3.63) is 34.9 Å². The molecule has 0 unspecified atom stereocenters. The number of nitrogens with one attached hydrogen (secondary N) is 1. The van der Waals surface area contributed by atoms with Gasteiger partial charge in [0.15, 0.2) is 0 Å². The summed E-state index contributed by atoms with van der Waals surface area (Å²) in [6.45, 7) is 2.00. The summed E-state index contributed by atoms with van der Waals surface area (Å²) in [5.74, 6) is 0.825. The smallest absolute Gasteiger partial charge is 0.251 e. The van der Waals surface area contributed by atoms with Crippen LogP contribution in [0.25, 0.3) is 5.57 Å². The monoisotopic (exact) mass is 217 g/mol. The molecule has 1 aromatic carbocycles. The van der Waals surface area contributed by atoms with Gasteiger partial charge in [0.2, 0.25) is 0 Å². The first kappa shape index (κ1) is 10.7. The molecule has 1 aliphatic carbocycles. The number of likely N-dealkylation sites (N-methyl/N-ethyl adjacent to an activating group) is 1. The van der Waals surface area contributed by atoms with E-state index in [-0.39, 0.29) is 5.91 Å². The number of benzene rings is 1. The Kier molecular flexibility index (Phi) is 2.69. The van der Waals surface area contributed by atoms with Gasteiger partial charge in [-0.3, -0.25) is 4.79 Å². The Labute approximate surface area is 95.1 Å². The predicted octanol–water partition coefficient (Wildman–Crippen LogP) is 1.77. The third kappa shape index (κ3) is 1.58. The third-order valence-corrected chi connectivity index (χ3v) is 2.92. The molecule has 1 amide bonds. The van der Waals surface area contributed by atoms with Crippen molar-refractivity contribution in [2.45, 2.75) is 13.3 Å². The van der Waals surface area contributed by atoms with Gasteiger partial charge in [0, 0.05) is 12.6 Å². The number of methoxy groups -OCH3 is 1. The highest BCUT2D eigenvalue weighted by atomic mass is 16.5. The molecule has 16 heavy (non-hydrogen) atoms. The number of rotatable bonds is 2. The van der Waals surface area contributed by atoms with Crippen molar-refractivity contribution >= 4 is 11.5 Å². The lowest BCUT2D eigenvalue weighted by Gasteiger charge is -2.06. The average Bonchev–Trinajstić information content (AvgIpc) is 2.62. The predicted molar refractivity (Wildman–Crippen MR) is 63.4 cm³/mol. The van der Waals surface area contributed by atoms with Crippen LogP contribution >= 0.6 is 0 Å². The molecule has 3 nitrogen and oxygen atoms in total. The maximum absolute atomic E-state index is 11.7. The lowest BCUT2D eigenvalue weighted by molar-refractivity contribution is -0.115. The first-order chi connectivity index (χ1) is 7.67. The summed E-state index contributed by atoms with van der Waals surface area (Å²) < 4.78 is 5.18. The molecule has 1 aliphatic rings. The molecule has 84 valence electrons. The minimum Gasteiger partial charge on any atom is -0.497 e. The fraction of sp³-hybridized carbons (Fsp3) is 0.308. The van der Waals surface area contributed by atoms with Crippen molar-refractivity contribution < 1.29 is 9.53 Å². The van der Waals surface area contributed by atoms with E-state index < -0.39 is 0 Å². The summed E-state index contributed by atoms with van der Waals surface area (Å²) in [6.07, 6.45) is 0.829. The zero-order chi connectivity index (χ0) is 11.7. The van der Waals surface area contributed by atoms with Gasteiger partial charge in [0.05, 0.1) is 7.11 Å². The van der Waals surface area contributed by atoms with Gasteiger partial charge in [0.1, 0.15) is 5.75 Å². The van der Waals surface area contributed by atoms with Gasteiger partial charge in [-0.2, -0.15) is 0 Å².